The molecule has 3 aromatic heterocycles. The summed E-state index contributed by atoms with van der Waals surface area (Å²) in [5, 5.41) is 5.57. The molecule has 1 saturated heterocycles. The molecule has 2 amide bonds. The van der Waals surface area contributed by atoms with Crippen LogP contribution in [0.3, 0.4) is 0 Å². The topological polar surface area (TPSA) is 124 Å². The number of amides is 2. The Kier molecular flexibility index (Phi) is 6.00. The van der Waals surface area contributed by atoms with Crippen molar-refractivity contribution in [3.63, 3.8) is 0 Å². The first-order chi connectivity index (χ1) is 16.9. The highest BCUT2D eigenvalue weighted by Crippen LogP contribution is 2.27. The van der Waals surface area contributed by atoms with Gasteiger partial charge >= 0.3 is 0 Å². The Hall–Kier alpha value is -4.12. The lowest BCUT2D eigenvalue weighted by atomic mass is 9.99. The predicted molar refractivity (Wildman–Crippen MR) is 124 cm³/mol. The van der Waals surface area contributed by atoms with Gasteiger partial charge in [-0.2, -0.15) is 0 Å². The van der Waals surface area contributed by atoms with E-state index in [4.69, 9.17) is 9.15 Å². The minimum absolute atomic E-state index is 0.0820. The van der Waals surface area contributed by atoms with Crippen LogP contribution in [0.15, 0.2) is 41.2 Å². The summed E-state index contributed by atoms with van der Waals surface area (Å²) in [6.45, 7) is 4.47. The summed E-state index contributed by atoms with van der Waals surface area (Å²) in [7, 11) is 0. The molecule has 1 aliphatic rings. The average Bonchev–Trinajstić information content (AvgIpc) is 3.42. The number of aryl methyl sites for hydroxylation is 2. The molecule has 1 aromatic carbocycles. The van der Waals surface area contributed by atoms with E-state index in [0.717, 1.165) is 0 Å². The van der Waals surface area contributed by atoms with Gasteiger partial charge in [-0.3, -0.25) is 14.0 Å². The maximum atomic E-state index is 14.7. The van der Waals surface area contributed by atoms with Crippen LogP contribution in [0.5, 0.6) is 0 Å². The van der Waals surface area contributed by atoms with Gasteiger partial charge in [-0.25, -0.2) is 19.3 Å². The van der Waals surface area contributed by atoms with Gasteiger partial charge in [-0.1, -0.05) is 0 Å². The van der Waals surface area contributed by atoms with Gasteiger partial charge in [0.25, 0.3) is 5.91 Å². The lowest BCUT2D eigenvalue weighted by Gasteiger charge is -2.21. The van der Waals surface area contributed by atoms with Crippen LogP contribution >= 0.6 is 0 Å². The standard InChI is InChI=1S/C24H23FN6O4/c1-13-21(35-14(2)27-13)23(33)28-16-3-4-19(25)18(9-16)20-12-31-11-17(10-26-24(31)30-20)29-22(32)15-5-7-34-8-6-15/h3-4,9-12,15H,5-8H2,1-2H3,(H,28,33)(H,29,32). The number of oxazole rings is 1. The van der Waals surface area contributed by atoms with E-state index in [1.807, 2.05) is 0 Å². The van der Waals surface area contributed by atoms with Gasteiger partial charge in [-0.05, 0) is 38.0 Å². The molecule has 1 aliphatic heterocycles. The number of hydrogen-bond donors (Lipinski definition) is 2. The molecule has 4 heterocycles. The number of halogens is 1. The van der Waals surface area contributed by atoms with Crippen molar-refractivity contribution in [3.8, 4) is 11.3 Å². The molecule has 4 aromatic rings. The summed E-state index contributed by atoms with van der Waals surface area (Å²) in [5.74, 6) is -0.358. The van der Waals surface area contributed by atoms with Crippen molar-refractivity contribution in [1.29, 1.82) is 0 Å². The first-order valence-electron chi connectivity index (χ1n) is 11.2. The Labute approximate surface area is 199 Å². The number of nitrogens with zero attached hydrogens (tertiary/aromatic N) is 4. The second-order valence-corrected chi connectivity index (χ2v) is 8.35. The van der Waals surface area contributed by atoms with Crippen LogP contribution in [0.2, 0.25) is 0 Å². The van der Waals surface area contributed by atoms with Gasteiger partial charge in [0.2, 0.25) is 17.4 Å². The highest BCUT2D eigenvalue weighted by Gasteiger charge is 2.22. The van der Waals surface area contributed by atoms with Crippen LogP contribution in [-0.2, 0) is 9.53 Å². The summed E-state index contributed by atoms with van der Waals surface area (Å²) in [6.07, 6.45) is 6.16. The number of imidazole rings is 1. The Bertz CT molecular complexity index is 1420. The molecule has 0 spiro atoms. The van der Waals surface area contributed by atoms with Crippen LogP contribution in [0.4, 0.5) is 15.8 Å². The fourth-order valence-electron chi connectivity index (χ4n) is 4.01. The Balaban J connectivity index is 1.37. The number of aromatic nitrogens is 4. The van der Waals surface area contributed by atoms with E-state index in [0.29, 0.717) is 60.5 Å². The summed E-state index contributed by atoms with van der Waals surface area (Å²) < 4.78 is 27.0. The number of benzene rings is 1. The summed E-state index contributed by atoms with van der Waals surface area (Å²) in [5.41, 5.74) is 1.86. The second-order valence-electron chi connectivity index (χ2n) is 8.35. The molecular weight excluding hydrogens is 455 g/mol. The minimum atomic E-state index is -0.508. The van der Waals surface area contributed by atoms with E-state index in [-0.39, 0.29) is 23.1 Å². The first kappa shape index (κ1) is 22.7. The van der Waals surface area contributed by atoms with Crippen molar-refractivity contribution < 1.29 is 23.1 Å². The highest BCUT2D eigenvalue weighted by atomic mass is 19.1. The maximum Gasteiger partial charge on any atom is 0.293 e. The van der Waals surface area contributed by atoms with Crippen LogP contribution < -0.4 is 10.6 Å². The lowest BCUT2D eigenvalue weighted by molar-refractivity contribution is -0.122. The van der Waals surface area contributed by atoms with Gasteiger partial charge in [0, 0.05) is 49.7 Å². The summed E-state index contributed by atoms with van der Waals surface area (Å²) >= 11 is 0. The molecule has 180 valence electrons. The molecule has 10 nitrogen and oxygen atoms in total. The van der Waals surface area contributed by atoms with Crippen LogP contribution in [0.25, 0.3) is 17.0 Å². The molecular formula is C24H23FN6O4. The number of fused-ring (bicyclic) bond motifs is 1. The van der Waals surface area contributed by atoms with Crippen LogP contribution in [-0.4, -0.2) is 44.4 Å². The molecule has 0 atom stereocenters. The SMILES string of the molecule is Cc1nc(C)c(C(=O)Nc2ccc(F)c(-c3cn4cc(NC(=O)C5CCOCC5)cnc4n3)c2)o1. The van der Waals surface area contributed by atoms with Crippen molar-refractivity contribution in [2.24, 2.45) is 5.92 Å². The summed E-state index contributed by atoms with van der Waals surface area (Å²) in [6, 6.07) is 4.19. The number of nitrogens with one attached hydrogen (secondary N) is 2. The fraction of sp³-hybridized carbons (Fsp3) is 0.292. The summed E-state index contributed by atoms with van der Waals surface area (Å²) in [4.78, 5) is 37.8. The number of anilines is 2. The molecule has 35 heavy (non-hydrogen) atoms. The van der Waals surface area contributed by atoms with Gasteiger partial charge < -0.3 is 19.8 Å². The van der Waals surface area contributed by atoms with Crippen LogP contribution in [0.1, 0.15) is 35.0 Å². The number of carbonyl (C=O) groups excluding carboxylic acids is 2. The molecule has 0 saturated carbocycles. The molecule has 11 heteroatoms. The Morgan fingerprint density at radius 3 is 2.63 bits per heavy atom. The van der Waals surface area contributed by atoms with E-state index >= 15 is 0 Å². The zero-order valence-corrected chi connectivity index (χ0v) is 19.2. The lowest BCUT2D eigenvalue weighted by Crippen LogP contribution is -2.28. The molecule has 0 unspecified atom stereocenters. The molecule has 0 bridgehead atoms. The third kappa shape index (κ3) is 4.76. The van der Waals surface area contributed by atoms with Gasteiger partial charge in [0.05, 0.1) is 23.3 Å². The Morgan fingerprint density at radius 1 is 1.09 bits per heavy atom. The number of carbonyl (C=O) groups is 2. The van der Waals surface area contributed by atoms with Gasteiger partial charge in [0.15, 0.2) is 5.89 Å². The normalized spacial score (nSPS) is 14.3. The molecule has 0 aliphatic carbocycles. The number of rotatable bonds is 5. The monoisotopic (exact) mass is 478 g/mol. The zero-order valence-electron chi connectivity index (χ0n) is 19.2. The third-order valence-corrected chi connectivity index (χ3v) is 5.78. The molecule has 5 rings (SSSR count). The Morgan fingerprint density at radius 2 is 1.89 bits per heavy atom. The van der Waals surface area contributed by atoms with Crippen molar-refractivity contribution >= 4 is 29.0 Å². The van der Waals surface area contributed by atoms with Crippen molar-refractivity contribution in [2.75, 3.05) is 23.8 Å². The van der Waals surface area contributed by atoms with Crippen LogP contribution in [0, 0.1) is 25.6 Å². The van der Waals surface area contributed by atoms with E-state index < -0.39 is 11.7 Å². The van der Waals surface area contributed by atoms with E-state index in [1.165, 1.54) is 24.4 Å². The highest BCUT2D eigenvalue weighted by molar-refractivity contribution is 6.03. The van der Waals surface area contributed by atoms with E-state index in [9.17, 15) is 14.0 Å². The number of ether oxygens (including phenoxy) is 1. The number of hydrogen-bond acceptors (Lipinski definition) is 7. The minimum Gasteiger partial charge on any atom is -0.436 e. The largest absolute Gasteiger partial charge is 0.436 e. The molecule has 1 fully saturated rings. The molecule has 0 radical (unpaired) electrons. The zero-order chi connectivity index (χ0) is 24.5. The third-order valence-electron chi connectivity index (χ3n) is 5.78. The maximum absolute atomic E-state index is 14.7. The smallest absolute Gasteiger partial charge is 0.293 e. The van der Waals surface area contributed by atoms with E-state index in [1.54, 1.807) is 30.6 Å². The van der Waals surface area contributed by atoms with Gasteiger partial charge in [-0.15, -0.1) is 0 Å². The quantitative estimate of drug-likeness (QED) is 0.448. The predicted octanol–water partition coefficient (Wildman–Crippen LogP) is 3.76. The van der Waals surface area contributed by atoms with Crippen molar-refractivity contribution in [3.05, 3.63) is 60.0 Å². The molecule has 2 N–H and O–H groups in total. The fourth-order valence-corrected chi connectivity index (χ4v) is 4.01. The first-order valence-corrected chi connectivity index (χ1v) is 11.2. The van der Waals surface area contributed by atoms with Gasteiger partial charge in [0.1, 0.15) is 5.82 Å². The van der Waals surface area contributed by atoms with Crippen molar-refractivity contribution in [1.82, 2.24) is 19.4 Å². The second kappa shape index (κ2) is 9.26. The van der Waals surface area contributed by atoms with Crippen molar-refractivity contribution in [2.45, 2.75) is 26.7 Å². The average molecular weight is 478 g/mol. The van der Waals surface area contributed by atoms with E-state index in [2.05, 4.69) is 25.6 Å².